The van der Waals surface area contributed by atoms with E-state index in [1.807, 2.05) is 0 Å². The number of rotatable bonds is 31. The highest BCUT2D eigenvalue weighted by Gasteiger charge is 2.28. The second-order valence-corrected chi connectivity index (χ2v) is 9.79. The number of benzene rings is 1. The van der Waals surface area contributed by atoms with Crippen LogP contribution in [0.15, 0.2) is 0 Å². The maximum absolute atomic E-state index is 13.5. The van der Waals surface area contributed by atoms with E-state index in [-0.39, 0.29) is 39.0 Å². The van der Waals surface area contributed by atoms with Gasteiger partial charge in [0.15, 0.2) is 0 Å². The van der Waals surface area contributed by atoms with E-state index in [4.69, 9.17) is 37.9 Å². The number of ether oxygens (including phenoxy) is 9. The Bertz CT molecular complexity index is 959. The normalized spacial score (nSPS) is 11.3. The smallest absolute Gasteiger partial charge is 0.313 e. The summed E-state index contributed by atoms with van der Waals surface area (Å²) >= 11 is 0. The first-order valence-corrected chi connectivity index (χ1v) is 15.7. The summed E-state index contributed by atoms with van der Waals surface area (Å²) in [6, 6.07) is 0. The molecular weight excluding hydrogens is 643 g/mol. The van der Waals surface area contributed by atoms with E-state index in [2.05, 4.69) is 11.7 Å². The molecule has 0 heterocycles. The van der Waals surface area contributed by atoms with Crippen molar-refractivity contribution >= 4 is 11.9 Å². The number of hydrogen-bond donors (Lipinski definition) is 0. The van der Waals surface area contributed by atoms with Crippen molar-refractivity contribution in [1.29, 1.82) is 0 Å². The van der Waals surface area contributed by atoms with Gasteiger partial charge in [0.05, 0.1) is 98.9 Å². The summed E-state index contributed by atoms with van der Waals surface area (Å²) in [6.45, 7) is 6.50. The Morgan fingerprint density at radius 2 is 0.787 bits per heavy atom. The van der Waals surface area contributed by atoms with Crippen molar-refractivity contribution in [3.8, 4) is 5.75 Å². The van der Waals surface area contributed by atoms with Gasteiger partial charge < -0.3 is 42.6 Å². The lowest BCUT2D eigenvalue weighted by atomic mass is 10.1. The van der Waals surface area contributed by atoms with Crippen molar-refractivity contribution in [2.45, 2.75) is 51.9 Å². The van der Waals surface area contributed by atoms with Crippen molar-refractivity contribution in [3.63, 3.8) is 0 Å². The monoisotopic (exact) mass is 690 g/mol. The summed E-state index contributed by atoms with van der Waals surface area (Å²) in [6.07, 6.45) is 5.41. The van der Waals surface area contributed by atoms with E-state index in [0.29, 0.717) is 72.5 Å². The fourth-order valence-electron chi connectivity index (χ4n) is 3.58. The molecule has 0 aliphatic carbocycles. The van der Waals surface area contributed by atoms with Crippen molar-refractivity contribution in [2.75, 3.05) is 99.1 Å². The number of halogens is 5. The molecule has 0 radical (unpaired) electrons. The molecule has 0 amide bonds. The van der Waals surface area contributed by atoms with Crippen molar-refractivity contribution in [3.05, 3.63) is 29.1 Å². The van der Waals surface area contributed by atoms with E-state index in [9.17, 15) is 31.5 Å². The molecular formula is C31H47F5O11. The lowest BCUT2D eigenvalue weighted by Gasteiger charge is -2.09. The average molecular weight is 691 g/mol. The predicted molar refractivity (Wildman–Crippen MR) is 157 cm³/mol. The van der Waals surface area contributed by atoms with E-state index < -0.39 is 47.2 Å². The lowest BCUT2D eigenvalue weighted by molar-refractivity contribution is -0.145. The minimum absolute atomic E-state index is 0.0791. The van der Waals surface area contributed by atoms with Crippen LogP contribution in [0.1, 0.15) is 51.9 Å². The molecule has 47 heavy (non-hydrogen) atoms. The SMILES string of the molecule is CCCCCCCC(=O)OCCOCCOCCOCCOCCOCCOCCOCCC(=O)Oc1c(F)c(F)c(F)c(F)c1F. The topological polar surface area (TPSA) is 117 Å². The highest BCUT2D eigenvalue weighted by molar-refractivity contribution is 5.72. The largest absolute Gasteiger partial charge is 0.463 e. The van der Waals surface area contributed by atoms with Crippen molar-refractivity contribution in [2.24, 2.45) is 0 Å². The molecule has 11 nitrogen and oxygen atoms in total. The molecule has 16 heteroatoms. The molecule has 0 aliphatic rings. The third kappa shape index (κ3) is 21.2. The van der Waals surface area contributed by atoms with Crippen LogP contribution in [-0.2, 0) is 47.5 Å². The Hall–Kier alpha value is -2.47. The van der Waals surface area contributed by atoms with Gasteiger partial charge in [-0.15, -0.1) is 0 Å². The van der Waals surface area contributed by atoms with Crippen LogP contribution in [-0.4, -0.2) is 111 Å². The Kier molecular flexibility index (Phi) is 25.8. The molecule has 0 atom stereocenters. The number of carbonyl (C=O) groups excluding carboxylic acids is 2. The van der Waals surface area contributed by atoms with Crippen LogP contribution < -0.4 is 4.74 Å². The maximum Gasteiger partial charge on any atom is 0.313 e. The molecule has 0 fully saturated rings. The van der Waals surface area contributed by atoms with Crippen molar-refractivity contribution < 1.29 is 74.2 Å². The quantitative estimate of drug-likeness (QED) is 0.0270. The Balaban J connectivity index is 1.79. The van der Waals surface area contributed by atoms with Crippen LogP contribution in [0.3, 0.4) is 0 Å². The van der Waals surface area contributed by atoms with Crippen molar-refractivity contribution in [1.82, 2.24) is 0 Å². The first kappa shape index (κ1) is 42.6. The zero-order valence-electron chi connectivity index (χ0n) is 26.9. The molecule has 272 valence electrons. The molecule has 1 aromatic rings. The number of esters is 2. The molecule has 0 unspecified atom stereocenters. The van der Waals surface area contributed by atoms with Crippen LogP contribution in [0.25, 0.3) is 0 Å². The standard InChI is InChI=1S/C31H47F5O11/c1-2-3-4-5-6-7-24(37)46-23-22-45-21-20-44-19-18-43-17-16-42-15-14-41-13-12-40-11-10-39-9-8-25(38)47-31-29(35)27(33)26(32)28(34)30(31)36/h2-23H2,1H3. The molecule has 0 bridgehead atoms. The second kappa shape index (κ2) is 28.5. The summed E-state index contributed by atoms with van der Waals surface area (Å²) in [5.41, 5.74) is 0. The summed E-state index contributed by atoms with van der Waals surface area (Å²) in [5, 5.41) is 0. The number of carbonyl (C=O) groups is 2. The lowest BCUT2D eigenvalue weighted by Crippen LogP contribution is -2.16. The molecule has 0 N–H and O–H groups in total. The first-order valence-electron chi connectivity index (χ1n) is 15.7. The maximum atomic E-state index is 13.5. The third-order valence-corrected chi connectivity index (χ3v) is 6.04. The van der Waals surface area contributed by atoms with Gasteiger partial charge in [-0.1, -0.05) is 32.6 Å². The van der Waals surface area contributed by atoms with E-state index in [1.165, 1.54) is 12.8 Å². The molecule has 0 aliphatic heterocycles. The molecule has 0 saturated carbocycles. The minimum Gasteiger partial charge on any atom is -0.463 e. The van der Waals surface area contributed by atoms with Gasteiger partial charge in [0, 0.05) is 6.42 Å². The third-order valence-electron chi connectivity index (χ3n) is 6.04. The molecule has 0 aromatic heterocycles. The highest BCUT2D eigenvalue weighted by Crippen LogP contribution is 2.29. The Labute approximate surface area is 272 Å². The molecule has 0 spiro atoms. The summed E-state index contributed by atoms with van der Waals surface area (Å²) in [4.78, 5) is 23.2. The fourth-order valence-corrected chi connectivity index (χ4v) is 3.58. The van der Waals surface area contributed by atoms with E-state index >= 15 is 0 Å². The summed E-state index contributed by atoms with van der Waals surface area (Å²) < 4.78 is 113. The van der Waals surface area contributed by atoms with Gasteiger partial charge in [-0.05, 0) is 6.42 Å². The van der Waals surface area contributed by atoms with Crippen LogP contribution in [0.5, 0.6) is 5.75 Å². The molecule has 1 rings (SSSR count). The summed E-state index contributed by atoms with van der Waals surface area (Å²) in [5.74, 6) is -14.3. The van der Waals surface area contributed by atoms with E-state index in [1.54, 1.807) is 0 Å². The fraction of sp³-hybridized carbons (Fsp3) is 0.742. The van der Waals surface area contributed by atoms with Gasteiger partial charge >= 0.3 is 11.9 Å². The highest BCUT2D eigenvalue weighted by atomic mass is 19.2. The van der Waals surface area contributed by atoms with Gasteiger partial charge in [-0.3, -0.25) is 9.59 Å². The molecule has 0 saturated heterocycles. The number of unbranched alkanes of at least 4 members (excludes halogenated alkanes) is 4. The van der Waals surface area contributed by atoms with Gasteiger partial charge in [-0.25, -0.2) is 13.2 Å². The second-order valence-electron chi connectivity index (χ2n) is 9.79. The first-order chi connectivity index (χ1) is 22.8. The zero-order valence-corrected chi connectivity index (χ0v) is 26.9. The zero-order chi connectivity index (χ0) is 34.5. The molecule has 1 aromatic carbocycles. The van der Waals surface area contributed by atoms with Crippen LogP contribution >= 0.6 is 0 Å². The Morgan fingerprint density at radius 1 is 0.426 bits per heavy atom. The van der Waals surface area contributed by atoms with E-state index in [0.717, 1.165) is 19.3 Å². The van der Waals surface area contributed by atoms with Gasteiger partial charge in [0.2, 0.25) is 34.8 Å². The van der Waals surface area contributed by atoms with Crippen LogP contribution in [0.2, 0.25) is 0 Å². The van der Waals surface area contributed by atoms with Gasteiger partial charge in [0.25, 0.3) is 0 Å². The van der Waals surface area contributed by atoms with Gasteiger partial charge in [-0.2, -0.15) is 8.78 Å². The van der Waals surface area contributed by atoms with Crippen LogP contribution in [0.4, 0.5) is 22.0 Å². The van der Waals surface area contributed by atoms with Gasteiger partial charge in [0.1, 0.15) is 6.61 Å². The predicted octanol–water partition coefficient (Wildman–Crippen LogP) is 4.70. The Morgan fingerprint density at radius 3 is 1.21 bits per heavy atom. The summed E-state index contributed by atoms with van der Waals surface area (Å²) in [7, 11) is 0. The van der Waals surface area contributed by atoms with Crippen LogP contribution in [0, 0.1) is 29.1 Å². The average Bonchev–Trinajstić information content (AvgIpc) is 3.06. The number of hydrogen-bond acceptors (Lipinski definition) is 11. The minimum atomic E-state index is -2.35.